The minimum Gasteiger partial charge on any atom is -0.404 e. The summed E-state index contributed by atoms with van der Waals surface area (Å²) in [5.74, 6) is 0.339. The fourth-order valence-corrected chi connectivity index (χ4v) is 3.49. The van der Waals surface area contributed by atoms with E-state index >= 15 is 0 Å². The lowest BCUT2D eigenvalue weighted by Gasteiger charge is -2.45. The number of nitrogens with zero attached hydrogens (tertiary/aromatic N) is 1. The summed E-state index contributed by atoms with van der Waals surface area (Å²) in [5.41, 5.74) is 0.397. The molecule has 0 aliphatic carbocycles. The van der Waals surface area contributed by atoms with Crippen molar-refractivity contribution < 1.29 is 17.9 Å². The number of alkyl halides is 3. The normalized spacial score (nSPS) is 28.5. The predicted molar refractivity (Wildman–Crippen MR) is 77.4 cm³/mol. The summed E-state index contributed by atoms with van der Waals surface area (Å²) in [5, 5.41) is 3.24. The molecule has 3 heterocycles. The van der Waals surface area contributed by atoms with Crippen LogP contribution in [0.5, 0.6) is 5.75 Å². The molecular formula is C14H16BrF3N2O. The Morgan fingerprint density at radius 3 is 2.52 bits per heavy atom. The zero-order chi connectivity index (χ0) is 15.0. The maximum absolute atomic E-state index is 12.5. The van der Waals surface area contributed by atoms with Crippen LogP contribution in [0.4, 0.5) is 18.9 Å². The Kier molecular flexibility index (Phi) is 4.05. The first-order valence-corrected chi connectivity index (χ1v) is 7.74. The van der Waals surface area contributed by atoms with Gasteiger partial charge in [-0.25, -0.2) is 0 Å². The fourth-order valence-electron chi connectivity index (χ4n) is 3.15. The number of anilines is 1. The first-order valence-electron chi connectivity index (χ1n) is 6.95. The summed E-state index contributed by atoms with van der Waals surface area (Å²) in [6.07, 6.45) is -2.49. The highest BCUT2D eigenvalue weighted by Gasteiger charge is 2.36. The predicted octanol–water partition coefficient (Wildman–Crippen LogP) is 3.85. The van der Waals surface area contributed by atoms with Gasteiger partial charge in [-0.05, 0) is 50.0 Å². The molecule has 0 amide bonds. The molecule has 0 radical (unpaired) electrons. The minimum absolute atomic E-state index is 0.184. The van der Waals surface area contributed by atoms with Crippen LogP contribution in [-0.2, 0) is 0 Å². The van der Waals surface area contributed by atoms with E-state index in [1.165, 1.54) is 6.07 Å². The van der Waals surface area contributed by atoms with Crippen molar-refractivity contribution in [2.45, 2.75) is 25.2 Å². The highest BCUT2D eigenvalue weighted by Crippen LogP contribution is 2.36. The van der Waals surface area contributed by atoms with Crippen LogP contribution in [0, 0.1) is 5.92 Å². The van der Waals surface area contributed by atoms with Gasteiger partial charge in [0.05, 0.1) is 5.69 Å². The van der Waals surface area contributed by atoms with Gasteiger partial charge in [0, 0.05) is 17.1 Å². The van der Waals surface area contributed by atoms with Crippen LogP contribution in [0.3, 0.4) is 0 Å². The molecule has 1 aromatic carbocycles. The van der Waals surface area contributed by atoms with Crippen molar-refractivity contribution in [3.63, 3.8) is 0 Å². The third-order valence-electron chi connectivity index (χ3n) is 4.17. The first-order chi connectivity index (χ1) is 9.90. The molecule has 3 aliphatic heterocycles. The van der Waals surface area contributed by atoms with E-state index in [0.717, 1.165) is 32.5 Å². The zero-order valence-corrected chi connectivity index (χ0v) is 12.9. The van der Waals surface area contributed by atoms with Crippen LogP contribution in [-0.4, -0.2) is 36.9 Å². The lowest BCUT2D eigenvalue weighted by molar-refractivity contribution is -0.274. The molecule has 0 saturated carbocycles. The molecule has 1 unspecified atom stereocenters. The molecule has 3 aliphatic rings. The van der Waals surface area contributed by atoms with Crippen molar-refractivity contribution in [1.82, 2.24) is 4.90 Å². The Morgan fingerprint density at radius 2 is 1.95 bits per heavy atom. The monoisotopic (exact) mass is 364 g/mol. The van der Waals surface area contributed by atoms with Crippen LogP contribution in [0.25, 0.3) is 0 Å². The number of hydrogen-bond acceptors (Lipinski definition) is 3. The first kappa shape index (κ1) is 15.0. The maximum atomic E-state index is 12.5. The van der Waals surface area contributed by atoms with E-state index in [4.69, 9.17) is 0 Å². The molecule has 1 N–H and O–H groups in total. The average molecular weight is 365 g/mol. The Morgan fingerprint density at radius 1 is 1.24 bits per heavy atom. The van der Waals surface area contributed by atoms with Crippen LogP contribution in [0.2, 0.25) is 0 Å². The van der Waals surface area contributed by atoms with Gasteiger partial charge < -0.3 is 15.0 Å². The summed E-state index contributed by atoms with van der Waals surface area (Å²) in [7, 11) is 0. The molecular weight excluding hydrogens is 349 g/mol. The van der Waals surface area contributed by atoms with Gasteiger partial charge >= 0.3 is 6.36 Å². The molecule has 3 nitrogen and oxygen atoms in total. The Labute approximate surface area is 129 Å². The van der Waals surface area contributed by atoms with E-state index < -0.39 is 6.36 Å². The molecule has 1 aromatic rings. The number of ether oxygens (including phenoxy) is 1. The van der Waals surface area contributed by atoms with Gasteiger partial charge in [0.25, 0.3) is 0 Å². The van der Waals surface area contributed by atoms with Crippen molar-refractivity contribution in [2.24, 2.45) is 5.92 Å². The molecule has 116 valence electrons. The third kappa shape index (κ3) is 3.63. The number of piperidine rings is 3. The molecule has 0 aromatic heterocycles. The van der Waals surface area contributed by atoms with Crippen LogP contribution in [0.1, 0.15) is 12.8 Å². The topological polar surface area (TPSA) is 24.5 Å². The highest BCUT2D eigenvalue weighted by molar-refractivity contribution is 9.10. The summed E-state index contributed by atoms with van der Waals surface area (Å²) in [4.78, 5) is 2.35. The molecule has 4 rings (SSSR count). The molecule has 3 fully saturated rings. The average Bonchev–Trinajstić information content (AvgIpc) is 2.41. The van der Waals surface area contributed by atoms with Crippen molar-refractivity contribution in [1.29, 1.82) is 0 Å². The van der Waals surface area contributed by atoms with Crippen LogP contribution in [0.15, 0.2) is 22.7 Å². The lowest BCUT2D eigenvalue weighted by Crippen LogP contribution is -2.53. The Hall–Kier alpha value is -0.950. The van der Waals surface area contributed by atoms with Gasteiger partial charge in [-0.2, -0.15) is 0 Å². The number of nitrogens with one attached hydrogen (secondary N) is 1. The third-order valence-corrected chi connectivity index (χ3v) is 4.66. The molecule has 1 atom stereocenters. The standard InChI is InChI=1S/C14H16BrF3N2O/c15-10-1-2-11(13(7-10)21-14(16,17)18)19-12-8-20-5-3-9(12)4-6-20/h1-2,7,9,12,19H,3-6,8H2. The van der Waals surface area contributed by atoms with Gasteiger partial charge in [0.15, 0.2) is 5.75 Å². The second kappa shape index (κ2) is 5.68. The van der Waals surface area contributed by atoms with Crippen molar-refractivity contribution in [3.05, 3.63) is 22.7 Å². The number of hydrogen-bond donors (Lipinski definition) is 1. The van der Waals surface area contributed by atoms with Gasteiger partial charge in [-0.1, -0.05) is 15.9 Å². The second-order valence-corrected chi connectivity index (χ2v) is 6.49. The smallest absolute Gasteiger partial charge is 0.404 e. The van der Waals surface area contributed by atoms with E-state index in [9.17, 15) is 13.2 Å². The number of fused-ring (bicyclic) bond motifs is 3. The lowest BCUT2D eigenvalue weighted by atomic mass is 9.84. The number of benzene rings is 1. The van der Waals surface area contributed by atoms with E-state index in [1.54, 1.807) is 12.1 Å². The van der Waals surface area contributed by atoms with Crippen molar-refractivity contribution in [2.75, 3.05) is 25.0 Å². The van der Waals surface area contributed by atoms with Gasteiger partial charge in [0.2, 0.25) is 0 Å². The van der Waals surface area contributed by atoms with Crippen LogP contribution < -0.4 is 10.1 Å². The van der Waals surface area contributed by atoms with E-state index in [-0.39, 0.29) is 11.8 Å². The summed E-state index contributed by atoms with van der Waals surface area (Å²) >= 11 is 3.18. The summed E-state index contributed by atoms with van der Waals surface area (Å²) in [6.45, 7) is 3.07. The maximum Gasteiger partial charge on any atom is 0.573 e. The molecule has 21 heavy (non-hydrogen) atoms. The Balaban J connectivity index is 1.78. The SMILES string of the molecule is FC(F)(F)Oc1cc(Br)ccc1NC1CN2CCC1CC2. The van der Waals surface area contributed by atoms with Crippen molar-refractivity contribution in [3.8, 4) is 5.75 Å². The summed E-state index contributed by atoms with van der Waals surface area (Å²) in [6, 6.07) is 4.87. The molecule has 3 saturated heterocycles. The Bertz CT molecular complexity index is 515. The highest BCUT2D eigenvalue weighted by atomic mass is 79.9. The molecule has 0 spiro atoms. The largest absolute Gasteiger partial charge is 0.573 e. The van der Waals surface area contributed by atoms with Gasteiger partial charge in [-0.15, -0.1) is 13.2 Å². The van der Waals surface area contributed by atoms with Crippen LogP contribution >= 0.6 is 15.9 Å². The minimum atomic E-state index is -4.69. The zero-order valence-electron chi connectivity index (χ0n) is 11.3. The van der Waals surface area contributed by atoms with Gasteiger partial charge in [-0.3, -0.25) is 0 Å². The molecule has 7 heteroatoms. The van der Waals surface area contributed by atoms with E-state index in [0.29, 0.717) is 16.1 Å². The number of rotatable bonds is 3. The summed E-state index contributed by atoms with van der Waals surface area (Å²) < 4.78 is 42.2. The van der Waals surface area contributed by atoms with E-state index in [2.05, 4.69) is 30.9 Å². The fraction of sp³-hybridized carbons (Fsp3) is 0.571. The van der Waals surface area contributed by atoms with E-state index in [1.807, 2.05) is 0 Å². The second-order valence-electron chi connectivity index (χ2n) is 5.58. The van der Waals surface area contributed by atoms with Crippen molar-refractivity contribution >= 4 is 21.6 Å². The van der Waals surface area contributed by atoms with Gasteiger partial charge in [0.1, 0.15) is 0 Å². The quantitative estimate of drug-likeness (QED) is 0.881. The molecule has 2 bridgehead atoms. The number of halogens is 4.